The van der Waals surface area contributed by atoms with Crippen molar-refractivity contribution in [2.45, 2.75) is 20.3 Å². The summed E-state index contributed by atoms with van der Waals surface area (Å²) < 4.78 is 5.11. The van der Waals surface area contributed by atoms with Crippen molar-refractivity contribution in [3.8, 4) is 0 Å². The molecular weight excluding hydrogens is 266 g/mol. The molecule has 0 aliphatic carbocycles. The van der Waals surface area contributed by atoms with Crippen LogP contribution in [-0.2, 0) is 6.42 Å². The maximum absolute atomic E-state index is 12.1. The van der Waals surface area contributed by atoms with E-state index in [-0.39, 0.29) is 5.91 Å². The first-order valence-electron chi connectivity index (χ1n) is 6.92. The first-order valence-corrected chi connectivity index (χ1v) is 6.92. The van der Waals surface area contributed by atoms with E-state index in [1.165, 1.54) is 0 Å². The van der Waals surface area contributed by atoms with Crippen LogP contribution in [-0.4, -0.2) is 22.6 Å². The molecule has 0 unspecified atom stereocenters. The highest BCUT2D eigenvalue weighted by Gasteiger charge is 2.10. The minimum atomic E-state index is -0.0711. The molecule has 2 aromatic heterocycles. The number of hydrogen-bond acceptors (Lipinski definition) is 3. The fourth-order valence-corrected chi connectivity index (χ4v) is 2.45. The number of carbonyl (C=O) groups is 1. The zero-order valence-electron chi connectivity index (χ0n) is 12.1. The van der Waals surface area contributed by atoms with Crippen LogP contribution in [0.5, 0.6) is 0 Å². The van der Waals surface area contributed by atoms with Gasteiger partial charge in [0.1, 0.15) is 5.76 Å². The summed E-state index contributed by atoms with van der Waals surface area (Å²) in [7, 11) is 0. The lowest BCUT2D eigenvalue weighted by molar-refractivity contribution is 0.0954. The summed E-state index contributed by atoms with van der Waals surface area (Å²) in [5, 5.41) is 7.93. The highest BCUT2D eigenvalue weighted by atomic mass is 16.5. The lowest BCUT2D eigenvalue weighted by atomic mass is 10.1. The molecule has 5 heteroatoms. The Balaban J connectivity index is 1.63. The molecule has 0 atom stereocenters. The van der Waals surface area contributed by atoms with Crippen LogP contribution >= 0.6 is 0 Å². The zero-order valence-corrected chi connectivity index (χ0v) is 12.1. The van der Waals surface area contributed by atoms with Gasteiger partial charge < -0.3 is 14.8 Å². The van der Waals surface area contributed by atoms with Gasteiger partial charge in [-0.15, -0.1) is 0 Å². The largest absolute Gasteiger partial charge is 0.361 e. The second-order valence-electron chi connectivity index (χ2n) is 5.09. The number of aromatic amines is 1. The second kappa shape index (κ2) is 5.44. The number of hydrogen-bond donors (Lipinski definition) is 2. The van der Waals surface area contributed by atoms with Crippen LogP contribution in [0.15, 0.2) is 35.0 Å². The number of rotatable bonds is 4. The fraction of sp³-hybridized carbons (Fsp3) is 0.250. The number of fused-ring (bicyclic) bond motifs is 1. The minimum absolute atomic E-state index is 0.0711. The first-order chi connectivity index (χ1) is 10.1. The second-order valence-corrected chi connectivity index (χ2v) is 5.09. The third-order valence-electron chi connectivity index (χ3n) is 3.66. The predicted molar refractivity (Wildman–Crippen MR) is 80.3 cm³/mol. The molecule has 0 radical (unpaired) electrons. The molecule has 0 saturated heterocycles. The normalized spacial score (nSPS) is 11.0. The van der Waals surface area contributed by atoms with Gasteiger partial charge in [0.15, 0.2) is 0 Å². The number of carbonyl (C=O) groups excluding carboxylic acids is 1. The third-order valence-corrected chi connectivity index (χ3v) is 3.66. The summed E-state index contributed by atoms with van der Waals surface area (Å²) in [6.07, 6.45) is 2.58. The Kier molecular flexibility index (Phi) is 3.48. The summed E-state index contributed by atoms with van der Waals surface area (Å²) in [5.74, 6) is 0.743. The van der Waals surface area contributed by atoms with Crippen LogP contribution in [0.4, 0.5) is 0 Å². The summed E-state index contributed by atoms with van der Waals surface area (Å²) in [6, 6.07) is 7.62. The molecule has 5 nitrogen and oxygen atoms in total. The maximum Gasteiger partial charge on any atom is 0.251 e. The van der Waals surface area contributed by atoms with Gasteiger partial charge in [0.2, 0.25) is 0 Å². The molecule has 0 aliphatic heterocycles. The average Bonchev–Trinajstić information content (AvgIpc) is 3.07. The molecule has 3 rings (SSSR count). The van der Waals surface area contributed by atoms with E-state index < -0.39 is 0 Å². The Morgan fingerprint density at radius 2 is 2.19 bits per heavy atom. The standard InChI is InChI=1S/C16H17N3O2/c1-10-14(11(2)21-19-10)6-8-18-16(20)13-4-3-12-5-7-17-15(12)9-13/h3-5,7,9,17H,6,8H2,1-2H3,(H,18,20). The van der Waals surface area contributed by atoms with Crippen molar-refractivity contribution < 1.29 is 9.32 Å². The number of H-pyrrole nitrogens is 1. The maximum atomic E-state index is 12.1. The summed E-state index contributed by atoms with van der Waals surface area (Å²) in [4.78, 5) is 15.3. The number of aromatic nitrogens is 2. The molecule has 2 heterocycles. The van der Waals surface area contributed by atoms with Gasteiger partial charge in [0.05, 0.1) is 5.69 Å². The number of nitrogens with zero attached hydrogens (tertiary/aromatic N) is 1. The van der Waals surface area contributed by atoms with Crippen LogP contribution in [0.25, 0.3) is 10.9 Å². The number of aryl methyl sites for hydroxylation is 2. The zero-order chi connectivity index (χ0) is 14.8. The predicted octanol–water partition coefficient (Wildman–Crippen LogP) is 2.75. The molecule has 2 N–H and O–H groups in total. The molecule has 21 heavy (non-hydrogen) atoms. The Labute approximate surface area is 122 Å². The van der Waals surface area contributed by atoms with Crippen molar-refractivity contribution in [3.05, 3.63) is 53.0 Å². The van der Waals surface area contributed by atoms with Crippen molar-refractivity contribution in [3.63, 3.8) is 0 Å². The summed E-state index contributed by atoms with van der Waals surface area (Å²) in [6.45, 7) is 4.35. The molecular formula is C16H17N3O2. The van der Waals surface area contributed by atoms with E-state index in [0.717, 1.165) is 34.3 Å². The van der Waals surface area contributed by atoms with Crippen molar-refractivity contribution in [2.75, 3.05) is 6.54 Å². The van der Waals surface area contributed by atoms with Crippen molar-refractivity contribution in [1.29, 1.82) is 0 Å². The van der Waals surface area contributed by atoms with E-state index in [1.807, 2.05) is 44.3 Å². The quantitative estimate of drug-likeness (QED) is 0.773. The average molecular weight is 283 g/mol. The van der Waals surface area contributed by atoms with Crippen molar-refractivity contribution >= 4 is 16.8 Å². The molecule has 0 saturated carbocycles. The van der Waals surface area contributed by atoms with Gasteiger partial charge in [-0.3, -0.25) is 4.79 Å². The van der Waals surface area contributed by atoms with Gasteiger partial charge in [-0.05, 0) is 43.9 Å². The van der Waals surface area contributed by atoms with Gasteiger partial charge in [0, 0.05) is 29.4 Å². The first kappa shape index (κ1) is 13.4. The molecule has 1 amide bonds. The van der Waals surface area contributed by atoms with E-state index in [0.29, 0.717) is 12.1 Å². The Morgan fingerprint density at radius 3 is 2.95 bits per heavy atom. The van der Waals surface area contributed by atoms with E-state index in [9.17, 15) is 4.79 Å². The van der Waals surface area contributed by atoms with Crippen molar-refractivity contribution in [1.82, 2.24) is 15.5 Å². The molecule has 0 aliphatic rings. The number of nitrogens with one attached hydrogen (secondary N) is 2. The molecule has 1 aromatic carbocycles. The van der Waals surface area contributed by atoms with Crippen LogP contribution in [0.3, 0.4) is 0 Å². The molecule has 3 aromatic rings. The number of amides is 1. The molecule has 108 valence electrons. The summed E-state index contributed by atoms with van der Waals surface area (Å²) in [5.41, 5.74) is 3.57. The Bertz CT molecular complexity index is 766. The highest BCUT2D eigenvalue weighted by molar-refractivity contribution is 5.97. The van der Waals surface area contributed by atoms with E-state index in [4.69, 9.17) is 4.52 Å². The topological polar surface area (TPSA) is 70.9 Å². The Hall–Kier alpha value is -2.56. The van der Waals surface area contributed by atoms with Crippen LogP contribution < -0.4 is 5.32 Å². The van der Waals surface area contributed by atoms with Gasteiger partial charge in [-0.2, -0.15) is 0 Å². The third kappa shape index (κ3) is 2.67. The van der Waals surface area contributed by atoms with E-state index in [2.05, 4.69) is 15.5 Å². The van der Waals surface area contributed by atoms with Crippen LogP contribution in [0, 0.1) is 13.8 Å². The lowest BCUT2D eigenvalue weighted by Gasteiger charge is -2.05. The smallest absolute Gasteiger partial charge is 0.251 e. The van der Waals surface area contributed by atoms with E-state index in [1.54, 1.807) is 0 Å². The van der Waals surface area contributed by atoms with Gasteiger partial charge in [-0.25, -0.2) is 0 Å². The molecule has 0 fully saturated rings. The van der Waals surface area contributed by atoms with E-state index >= 15 is 0 Å². The van der Waals surface area contributed by atoms with Crippen LogP contribution in [0.2, 0.25) is 0 Å². The highest BCUT2D eigenvalue weighted by Crippen LogP contribution is 2.15. The summed E-state index contributed by atoms with van der Waals surface area (Å²) >= 11 is 0. The fourth-order valence-electron chi connectivity index (χ4n) is 2.45. The Morgan fingerprint density at radius 1 is 1.33 bits per heavy atom. The lowest BCUT2D eigenvalue weighted by Crippen LogP contribution is -2.25. The number of benzene rings is 1. The SMILES string of the molecule is Cc1noc(C)c1CCNC(=O)c1ccc2cc[nH]c2c1. The van der Waals surface area contributed by atoms with Gasteiger partial charge >= 0.3 is 0 Å². The van der Waals surface area contributed by atoms with Crippen LogP contribution in [0.1, 0.15) is 27.4 Å². The molecule has 0 bridgehead atoms. The minimum Gasteiger partial charge on any atom is -0.361 e. The van der Waals surface area contributed by atoms with Crippen molar-refractivity contribution in [2.24, 2.45) is 0 Å². The monoisotopic (exact) mass is 283 g/mol. The van der Waals surface area contributed by atoms with Gasteiger partial charge in [0.25, 0.3) is 5.91 Å². The molecule has 0 spiro atoms. The van der Waals surface area contributed by atoms with Gasteiger partial charge in [-0.1, -0.05) is 11.2 Å².